The summed E-state index contributed by atoms with van der Waals surface area (Å²) in [7, 11) is 0. The van der Waals surface area contributed by atoms with Crippen LogP contribution in [0, 0.1) is 0 Å². The Kier molecular flexibility index (Phi) is 4.37. The highest BCUT2D eigenvalue weighted by Gasteiger charge is 2.26. The first-order valence-electron chi connectivity index (χ1n) is 8.07. The van der Waals surface area contributed by atoms with Gasteiger partial charge in [-0.1, -0.05) is 12.1 Å². The van der Waals surface area contributed by atoms with Gasteiger partial charge < -0.3 is 9.72 Å². The van der Waals surface area contributed by atoms with Crippen molar-refractivity contribution in [2.24, 2.45) is 0 Å². The maximum Gasteiger partial charge on any atom is 0.328 e. The molecule has 0 saturated carbocycles. The summed E-state index contributed by atoms with van der Waals surface area (Å²) in [5, 5.41) is 0.544. The Balaban J connectivity index is 1.89. The third-order valence-corrected chi connectivity index (χ3v) is 4.41. The molecule has 1 aliphatic heterocycles. The number of fused-ring (bicyclic) bond motifs is 1. The minimum absolute atomic E-state index is 0.0868. The van der Waals surface area contributed by atoms with Crippen LogP contribution in [-0.4, -0.2) is 45.8 Å². The molecule has 1 saturated heterocycles. The van der Waals surface area contributed by atoms with Crippen LogP contribution in [0.2, 0.25) is 0 Å². The largest absolute Gasteiger partial charge is 0.373 e. The number of para-hydroxylation sites is 1. The Hall–Kier alpha value is -1.92. The highest BCUT2D eigenvalue weighted by Crippen LogP contribution is 2.14. The lowest BCUT2D eigenvalue weighted by molar-refractivity contribution is -0.0801. The van der Waals surface area contributed by atoms with Gasteiger partial charge in [-0.25, -0.2) is 4.79 Å². The summed E-state index contributed by atoms with van der Waals surface area (Å²) in [5.74, 6) is 0. The number of aromatic nitrogens is 2. The van der Waals surface area contributed by atoms with Crippen molar-refractivity contribution in [3.63, 3.8) is 0 Å². The van der Waals surface area contributed by atoms with Crippen LogP contribution in [0.3, 0.4) is 0 Å². The molecule has 0 unspecified atom stereocenters. The average Bonchev–Trinajstić information content (AvgIpc) is 2.50. The minimum atomic E-state index is -0.352. The van der Waals surface area contributed by atoms with Gasteiger partial charge in [0.2, 0.25) is 0 Å². The summed E-state index contributed by atoms with van der Waals surface area (Å²) in [6, 6.07) is 7.19. The fourth-order valence-electron chi connectivity index (χ4n) is 3.32. The summed E-state index contributed by atoms with van der Waals surface area (Å²) in [6.07, 6.45) is 0.320. The number of hydrogen-bond donors (Lipinski definition) is 1. The Labute approximate surface area is 134 Å². The molecule has 0 bridgehead atoms. The number of ether oxygens (including phenoxy) is 1. The maximum absolute atomic E-state index is 12.6. The number of H-pyrrole nitrogens is 1. The highest BCUT2D eigenvalue weighted by atomic mass is 16.5. The van der Waals surface area contributed by atoms with E-state index in [0.29, 0.717) is 17.4 Å². The standard InChI is InChI=1S/C17H23N3O3/c1-11(19-9-12(2)23-13(3)10-19)8-20-16(21)14-6-4-5-7-15(14)18-17(20)22/h4-7,11-13H,8-10H2,1-3H3,(H,18,22)/t11-,12-,13+/m0/s1. The molecule has 6 nitrogen and oxygen atoms in total. The zero-order chi connectivity index (χ0) is 16.6. The zero-order valence-corrected chi connectivity index (χ0v) is 13.8. The molecule has 1 aromatic carbocycles. The van der Waals surface area contributed by atoms with Gasteiger partial charge >= 0.3 is 5.69 Å². The van der Waals surface area contributed by atoms with E-state index in [0.717, 1.165) is 13.1 Å². The Morgan fingerprint density at radius 1 is 1.22 bits per heavy atom. The van der Waals surface area contributed by atoms with Crippen molar-refractivity contribution in [3.05, 3.63) is 45.1 Å². The van der Waals surface area contributed by atoms with Gasteiger partial charge in [0.1, 0.15) is 0 Å². The van der Waals surface area contributed by atoms with Crippen LogP contribution in [0.15, 0.2) is 33.9 Å². The predicted molar refractivity (Wildman–Crippen MR) is 89.9 cm³/mol. The first-order chi connectivity index (χ1) is 11.0. The fraction of sp³-hybridized carbons (Fsp3) is 0.529. The molecule has 0 spiro atoms. The molecule has 3 rings (SSSR count). The van der Waals surface area contributed by atoms with E-state index in [2.05, 4.69) is 9.88 Å². The summed E-state index contributed by atoms with van der Waals surface area (Å²) in [6.45, 7) is 8.14. The summed E-state index contributed by atoms with van der Waals surface area (Å²) < 4.78 is 7.05. The summed E-state index contributed by atoms with van der Waals surface area (Å²) in [4.78, 5) is 29.9. The molecule has 23 heavy (non-hydrogen) atoms. The van der Waals surface area contributed by atoms with E-state index in [4.69, 9.17) is 4.74 Å². The van der Waals surface area contributed by atoms with Gasteiger partial charge in [0, 0.05) is 25.7 Å². The fourth-order valence-corrected chi connectivity index (χ4v) is 3.32. The van der Waals surface area contributed by atoms with E-state index >= 15 is 0 Å². The molecule has 1 aliphatic rings. The summed E-state index contributed by atoms with van der Waals surface area (Å²) >= 11 is 0. The second-order valence-electron chi connectivity index (χ2n) is 6.45. The lowest BCUT2D eigenvalue weighted by atomic mass is 10.1. The number of morpholine rings is 1. The van der Waals surface area contributed by atoms with Crippen LogP contribution in [-0.2, 0) is 11.3 Å². The van der Waals surface area contributed by atoms with Gasteiger partial charge in [0.05, 0.1) is 23.1 Å². The molecule has 3 atom stereocenters. The number of aromatic amines is 1. The van der Waals surface area contributed by atoms with Crippen molar-refractivity contribution < 1.29 is 4.74 Å². The number of rotatable bonds is 3. The van der Waals surface area contributed by atoms with Gasteiger partial charge in [-0.2, -0.15) is 0 Å². The van der Waals surface area contributed by atoms with Crippen molar-refractivity contribution in [3.8, 4) is 0 Å². The monoisotopic (exact) mass is 317 g/mol. The van der Waals surface area contributed by atoms with Gasteiger partial charge in [0.15, 0.2) is 0 Å². The number of nitrogens with zero attached hydrogens (tertiary/aromatic N) is 2. The molecule has 1 N–H and O–H groups in total. The van der Waals surface area contributed by atoms with Crippen LogP contribution in [0.5, 0.6) is 0 Å². The lowest BCUT2D eigenvalue weighted by Crippen LogP contribution is -2.52. The van der Waals surface area contributed by atoms with Crippen molar-refractivity contribution >= 4 is 10.9 Å². The van der Waals surface area contributed by atoms with Crippen molar-refractivity contribution in [1.29, 1.82) is 0 Å². The van der Waals surface area contributed by atoms with Crippen molar-refractivity contribution in [1.82, 2.24) is 14.5 Å². The number of benzene rings is 1. The Morgan fingerprint density at radius 2 is 1.87 bits per heavy atom. The van der Waals surface area contributed by atoms with Crippen molar-refractivity contribution in [2.45, 2.75) is 45.6 Å². The number of hydrogen-bond acceptors (Lipinski definition) is 4. The van der Waals surface area contributed by atoms with Crippen LogP contribution >= 0.6 is 0 Å². The average molecular weight is 317 g/mol. The Morgan fingerprint density at radius 3 is 2.57 bits per heavy atom. The van der Waals surface area contributed by atoms with Gasteiger partial charge in [0.25, 0.3) is 5.56 Å². The van der Waals surface area contributed by atoms with Crippen molar-refractivity contribution in [2.75, 3.05) is 13.1 Å². The van der Waals surface area contributed by atoms with E-state index in [1.54, 1.807) is 24.3 Å². The molecule has 0 radical (unpaired) electrons. The SMILES string of the molecule is C[C@@H]1CN([C@@H](C)Cn2c(=O)[nH]c3ccccc3c2=O)C[C@H](C)O1. The molecule has 124 valence electrons. The maximum atomic E-state index is 12.6. The second-order valence-corrected chi connectivity index (χ2v) is 6.45. The molecular weight excluding hydrogens is 294 g/mol. The van der Waals surface area contributed by atoms with E-state index in [1.165, 1.54) is 4.57 Å². The molecule has 1 fully saturated rings. The zero-order valence-electron chi connectivity index (χ0n) is 13.8. The molecule has 6 heteroatoms. The molecule has 0 aliphatic carbocycles. The molecular formula is C17H23N3O3. The van der Waals surface area contributed by atoms with E-state index in [-0.39, 0.29) is 29.5 Å². The molecule has 2 heterocycles. The normalized spacial score (nSPS) is 24.0. The first kappa shape index (κ1) is 16.0. The second kappa shape index (κ2) is 6.29. The van der Waals surface area contributed by atoms with E-state index in [1.807, 2.05) is 20.8 Å². The van der Waals surface area contributed by atoms with Crippen LogP contribution in [0.1, 0.15) is 20.8 Å². The number of nitrogens with one attached hydrogen (secondary N) is 1. The van der Waals surface area contributed by atoms with Gasteiger partial charge in [-0.15, -0.1) is 0 Å². The molecule has 2 aromatic rings. The topological polar surface area (TPSA) is 67.3 Å². The van der Waals surface area contributed by atoms with E-state index < -0.39 is 0 Å². The van der Waals surface area contributed by atoms with E-state index in [9.17, 15) is 9.59 Å². The third-order valence-electron chi connectivity index (χ3n) is 4.41. The van der Waals surface area contributed by atoms with Crippen LogP contribution < -0.4 is 11.2 Å². The first-order valence-corrected chi connectivity index (χ1v) is 8.07. The molecule has 1 aromatic heterocycles. The lowest BCUT2D eigenvalue weighted by Gasteiger charge is -2.39. The quantitative estimate of drug-likeness (QED) is 0.923. The smallest absolute Gasteiger partial charge is 0.328 e. The van der Waals surface area contributed by atoms with Crippen LogP contribution in [0.25, 0.3) is 10.9 Å². The highest BCUT2D eigenvalue weighted by molar-refractivity contribution is 5.76. The minimum Gasteiger partial charge on any atom is -0.373 e. The summed E-state index contributed by atoms with van der Waals surface area (Å²) in [5.41, 5.74) is 0.000447. The Bertz CT molecular complexity index is 801. The van der Waals surface area contributed by atoms with Gasteiger partial charge in [-0.05, 0) is 32.9 Å². The predicted octanol–water partition coefficient (Wildman–Crippen LogP) is 1.19. The van der Waals surface area contributed by atoms with Crippen LogP contribution in [0.4, 0.5) is 0 Å². The third kappa shape index (κ3) is 3.23. The molecule has 0 amide bonds. The van der Waals surface area contributed by atoms with Gasteiger partial charge in [-0.3, -0.25) is 14.3 Å².